The number of aliphatic hydroxyl groups is 1. The molecule has 11 nitrogen and oxygen atoms in total. The Morgan fingerprint density at radius 1 is 1.52 bits per heavy atom. The van der Waals surface area contributed by atoms with Gasteiger partial charge < -0.3 is 16.2 Å². The Morgan fingerprint density at radius 2 is 2.26 bits per heavy atom. The van der Waals surface area contributed by atoms with Crippen molar-refractivity contribution in [2.75, 3.05) is 16.8 Å². The first kappa shape index (κ1) is 18.3. The Hall–Kier alpha value is -3.52. The molecule has 0 spiro atoms. The van der Waals surface area contributed by atoms with Crippen molar-refractivity contribution >= 4 is 29.3 Å². The Morgan fingerprint density at radius 3 is 2.89 bits per heavy atom. The lowest BCUT2D eigenvalue weighted by atomic mass is 10.1. The van der Waals surface area contributed by atoms with E-state index in [1.54, 1.807) is 26.1 Å². The zero-order valence-electron chi connectivity index (χ0n) is 14.7. The first-order chi connectivity index (χ1) is 12.7. The topological polar surface area (TPSA) is 163 Å². The predicted molar refractivity (Wildman–Crippen MR) is 93.6 cm³/mol. The van der Waals surface area contributed by atoms with Crippen molar-refractivity contribution in [3.8, 4) is 6.07 Å². The maximum atomic E-state index is 12.2. The molecule has 1 fully saturated rings. The van der Waals surface area contributed by atoms with Gasteiger partial charge in [0.25, 0.3) is 5.91 Å². The van der Waals surface area contributed by atoms with Gasteiger partial charge in [0.15, 0.2) is 0 Å². The van der Waals surface area contributed by atoms with Crippen LogP contribution in [0.1, 0.15) is 20.3 Å². The van der Waals surface area contributed by atoms with Gasteiger partial charge in [-0.25, -0.2) is 4.98 Å². The number of primary amides is 1. The smallest absolute Gasteiger partial charge is 0.275 e. The molecule has 4 N–H and O–H groups in total. The SMILES string of the molecule is CC(C)(C(N)=O)n1cc(Nc2nccc(N3CC[C@](O)(C#N)C3=O)n2)cn1. The molecule has 0 saturated carbocycles. The largest absolute Gasteiger partial charge is 0.368 e. The zero-order valence-corrected chi connectivity index (χ0v) is 14.7. The van der Waals surface area contributed by atoms with Gasteiger partial charge in [0.1, 0.15) is 17.4 Å². The summed E-state index contributed by atoms with van der Waals surface area (Å²) >= 11 is 0. The number of hydrogen-bond donors (Lipinski definition) is 3. The van der Waals surface area contributed by atoms with Gasteiger partial charge in [0.2, 0.25) is 17.5 Å². The molecule has 0 radical (unpaired) electrons. The lowest BCUT2D eigenvalue weighted by molar-refractivity contribution is -0.128. The number of hydrogen-bond acceptors (Lipinski definition) is 8. The minimum atomic E-state index is -2.03. The van der Waals surface area contributed by atoms with Gasteiger partial charge in [-0.3, -0.25) is 19.2 Å². The van der Waals surface area contributed by atoms with E-state index in [2.05, 4.69) is 20.4 Å². The van der Waals surface area contributed by atoms with Gasteiger partial charge >= 0.3 is 0 Å². The number of nitrogens with zero attached hydrogens (tertiary/aromatic N) is 6. The summed E-state index contributed by atoms with van der Waals surface area (Å²) in [6, 6.07) is 3.13. The fourth-order valence-electron chi connectivity index (χ4n) is 2.52. The minimum absolute atomic E-state index is 0.00404. The molecule has 3 rings (SSSR count). The van der Waals surface area contributed by atoms with Crippen molar-refractivity contribution < 1.29 is 14.7 Å². The third kappa shape index (κ3) is 3.18. The molecule has 0 bridgehead atoms. The Balaban J connectivity index is 1.80. The molecule has 2 aromatic rings. The van der Waals surface area contributed by atoms with Crippen molar-refractivity contribution in [1.29, 1.82) is 5.26 Å². The van der Waals surface area contributed by atoms with Crippen LogP contribution in [-0.2, 0) is 15.1 Å². The van der Waals surface area contributed by atoms with Crippen LogP contribution in [0, 0.1) is 11.3 Å². The molecular weight excluding hydrogens is 352 g/mol. The summed E-state index contributed by atoms with van der Waals surface area (Å²) in [5, 5.41) is 26.0. The van der Waals surface area contributed by atoms with Gasteiger partial charge in [-0.05, 0) is 19.9 Å². The fourth-order valence-corrected chi connectivity index (χ4v) is 2.52. The number of nitrogens with one attached hydrogen (secondary N) is 1. The van der Waals surface area contributed by atoms with Crippen LogP contribution in [0.15, 0.2) is 24.7 Å². The van der Waals surface area contributed by atoms with Crippen molar-refractivity contribution in [2.45, 2.75) is 31.4 Å². The molecule has 1 aliphatic heterocycles. The maximum Gasteiger partial charge on any atom is 0.275 e. The molecule has 1 atom stereocenters. The third-order valence-corrected chi connectivity index (χ3v) is 4.41. The summed E-state index contributed by atoms with van der Waals surface area (Å²) in [6.07, 6.45) is 4.51. The second-order valence-corrected chi connectivity index (χ2v) is 6.64. The van der Waals surface area contributed by atoms with Crippen LogP contribution in [0.5, 0.6) is 0 Å². The molecule has 0 unspecified atom stereocenters. The quantitative estimate of drug-likeness (QED) is 0.600. The van der Waals surface area contributed by atoms with Crippen molar-refractivity contribution in [1.82, 2.24) is 19.7 Å². The van der Waals surface area contributed by atoms with Crippen LogP contribution >= 0.6 is 0 Å². The average molecular weight is 370 g/mol. The highest BCUT2D eigenvalue weighted by molar-refractivity contribution is 6.03. The Labute approximate surface area is 154 Å². The minimum Gasteiger partial charge on any atom is -0.368 e. The molecule has 140 valence electrons. The molecule has 3 heterocycles. The standard InChI is InChI=1S/C16H18N8O3/c1-15(2,12(18)25)24-8-10(7-20-24)21-14-19-5-3-11(22-14)23-6-4-16(27,9-17)13(23)26/h3,5,7-8,27H,4,6H2,1-2H3,(H2,18,25)(H,19,21,22)/t16-/m0/s1. The first-order valence-corrected chi connectivity index (χ1v) is 8.08. The van der Waals surface area contributed by atoms with Gasteiger partial charge in [-0.1, -0.05) is 0 Å². The number of carbonyl (C=O) groups is 2. The van der Waals surface area contributed by atoms with E-state index < -0.39 is 23.0 Å². The number of rotatable bonds is 5. The molecule has 27 heavy (non-hydrogen) atoms. The lowest BCUT2D eigenvalue weighted by Gasteiger charge is -2.20. The molecule has 0 aliphatic carbocycles. The lowest BCUT2D eigenvalue weighted by Crippen LogP contribution is -2.41. The summed E-state index contributed by atoms with van der Waals surface area (Å²) in [7, 11) is 0. The molecule has 1 aliphatic rings. The van der Waals surface area contributed by atoms with Crippen molar-refractivity contribution in [2.24, 2.45) is 5.73 Å². The van der Waals surface area contributed by atoms with Crippen LogP contribution in [0.2, 0.25) is 0 Å². The van der Waals surface area contributed by atoms with E-state index in [-0.39, 0.29) is 24.7 Å². The van der Waals surface area contributed by atoms with E-state index in [1.165, 1.54) is 28.0 Å². The molecule has 1 saturated heterocycles. The van der Waals surface area contributed by atoms with Gasteiger partial charge in [0.05, 0.1) is 11.9 Å². The predicted octanol–water partition coefficient (Wildman–Crippen LogP) is -0.372. The Kier molecular flexibility index (Phi) is 4.28. The number of nitrogens with two attached hydrogens (primary N) is 1. The number of amides is 2. The molecule has 0 aromatic carbocycles. The van der Waals surface area contributed by atoms with Gasteiger partial charge in [-0.15, -0.1) is 0 Å². The monoisotopic (exact) mass is 370 g/mol. The number of anilines is 3. The van der Waals surface area contributed by atoms with Crippen LogP contribution in [0.4, 0.5) is 17.5 Å². The summed E-state index contributed by atoms with van der Waals surface area (Å²) in [5.74, 6) is -0.809. The molecule has 2 amide bonds. The van der Waals surface area contributed by atoms with E-state index in [4.69, 9.17) is 11.0 Å². The summed E-state index contributed by atoms with van der Waals surface area (Å²) < 4.78 is 1.42. The maximum absolute atomic E-state index is 12.2. The van der Waals surface area contributed by atoms with Crippen LogP contribution < -0.4 is 16.0 Å². The van der Waals surface area contributed by atoms with Gasteiger partial charge in [0, 0.05) is 25.4 Å². The average Bonchev–Trinajstić information content (AvgIpc) is 3.21. The van der Waals surface area contributed by atoms with E-state index in [1.807, 2.05) is 0 Å². The first-order valence-electron chi connectivity index (χ1n) is 8.08. The van der Waals surface area contributed by atoms with E-state index in [9.17, 15) is 14.7 Å². The second-order valence-electron chi connectivity index (χ2n) is 6.64. The molecule has 2 aromatic heterocycles. The fraction of sp³-hybridized carbons (Fsp3) is 0.375. The normalized spacial score (nSPS) is 19.8. The van der Waals surface area contributed by atoms with Crippen LogP contribution in [-0.4, -0.2) is 48.8 Å². The third-order valence-electron chi connectivity index (χ3n) is 4.41. The summed E-state index contributed by atoms with van der Waals surface area (Å²) in [5.41, 5.74) is 2.86. The summed E-state index contributed by atoms with van der Waals surface area (Å²) in [6.45, 7) is 3.45. The highest BCUT2D eigenvalue weighted by Gasteiger charge is 2.46. The van der Waals surface area contributed by atoms with Crippen LogP contribution in [0.3, 0.4) is 0 Å². The van der Waals surface area contributed by atoms with Crippen molar-refractivity contribution in [3.05, 3.63) is 24.7 Å². The molecule has 11 heteroatoms. The molecular formula is C16H18N8O3. The van der Waals surface area contributed by atoms with Gasteiger partial charge in [-0.2, -0.15) is 15.3 Å². The van der Waals surface area contributed by atoms with Crippen LogP contribution in [0.25, 0.3) is 0 Å². The number of nitriles is 1. The van der Waals surface area contributed by atoms with E-state index in [0.29, 0.717) is 5.69 Å². The summed E-state index contributed by atoms with van der Waals surface area (Å²) in [4.78, 5) is 33.3. The number of carbonyl (C=O) groups excluding carboxylic acids is 2. The van der Waals surface area contributed by atoms with E-state index in [0.717, 1.165) is 0 Å². The highest BCUT2D eigenvalue weighted by Crippen LogP contribution is 2.27. The number of aromatic nitrogens is 4. The zero-order chi connectivity index (χ0) is 19.8. The second kappa shape index (κ2) is 6.33. The Bertz CT molecular complexity index is 947. The highest BCUT2D eigenvalue weighted by atomic mass is 16.3. The van der Waals surface area contributed by atoms with Crippen molar-refractivity contribution in [3.63, 3.8) is 0 Å². The van der Waals surface area contributed by atoms with E-state index >= 15 is 0 Å².